The second-order valence-electron chi connectivity index (χ2n) is 7.72. The molecule has 2 amide bonds. The summed E-state index contributed by atoms with van der Waals surface area (Å²) < 4.78 is 5.78. The van der Waals surface area contributed by atoms with Crippen molar-refractivity contribution in [2.24, 2.45) is 0 Å². The van der Waals surface area contributed by atoms with E-state index in [0.717, 1.165) is 35.3 Å². The average Bonchev–Trinajstić information content (AvgIpc) is 3.50. The lowest BCUT2D eigenvalue weighted by Gasteiger charge is -2.11. The van der Waals surface area contributed by atoms with Crippen LogP contribution < -0.4 is 10.6 Å². The summed E-state index contributed by atoms with van der Waals surface area (Å²) in [7, 11) is 0. The predicted octanol–water partition coefficient (Wildman–Crippen LogP) is 4.95. The van der Waals surface area contributed by atoms with Gasteiger partial charge in [0.05, 0.1) is 17.4 Å². The fourth-order valence-electron chi connectivity index (χ4n) is 3.51. The Kier molecular flexibility index (Phi) is 7.64. The number of thioether (sulfide) groups is 1. The minimum atomic E-state index is -0.486. The third kappa shape index (κ3) is 5.48. The van der Waals surface area contributed by atoms with Gasteiger partial charge in [-0.2, -0.15) is 0 Å². The zero-order chi connectivity index (χ0) is 24.2. The van der Waals surface area contributed by atoms with Crippen LogP contribution in [0.5, 0.6) is 0 Å². The number of hydrogen-bond donors (Lipinski definition) is 2. The van der Waals surface area contributed by atoms with Gasteiger partial charge < -0.3 is 10.1 Å². The molecule has 2 N–H and O–H groups in total. The van der Waals surface area contributed by atoms with Crippen molar-refractivity contribution in [2.75, 3.05) is 17.2 Å². The second-order valence-corrected chi connectivity index (χ2v) is 11.4. The molecule has 1 aromatic carbocycles. The van der Waals surface area contributed by atoms with Crippen molar-refractivity contribution < 1.29 is 19.1 Å². The van der Waals surface area contributed by atoms with Crippen molar-refractivity contribution in [3.8, 4) is 0 Å². The highest BCUT2D eigenvalue weighted by atomic mass is 32.2. The van der Waals surface area contributed by atoms with E-state index in [-0.39, 0.29) is 18.4 Å². The van der Waals surface area contributed by atoms with E-state index in [2.05, 4.69) is 20.8 Å². The summed E-state index contributed by atoms with van der Waals surface area (Å²) in [5.74, 6) is -0.901. The number of nitrogens with zero attached hydrogens (tertiary/aromatic N) is 2. The third-order valence-electron chi connectivity index (χ3n) is 5.23. The molecule has 0 saturated heterocycles. The molecule has 11 heteroatoms. The van der Waals surface area contributed by atoms with Crippen LogP contribution in [0.25, 0.3) is 0 Å². The van der Waals surface area contributed by atoms with Crippen LogP contribution in [-0.4, -0.2) is 39.8 Å². The van der Waals surface area contributed by atoms with E-state index in [9.17, 15) is 14.4 Å². The van der Waals surface area contributed by atoms with Crippen LogP contribution in [0.1, 0.15) is 57.0 Å². The molecule has 178 valence electrons. The van der Waals surface area contributed by atoms with Crippen LogP contribution in [0.4, 0.5) is 10.1 Å². The first-order chi connectivity index (χ1) is 16.4. The minimum Gasteiger partial charge on any atom is -0.462 e. The molecule has 0 bridgehead atoms. The second kappa shape index (κ2) is 10.7. The lowest BCUT2D eigenvalue weighted by molar-refractivity contribution is -0.115. The van der Waals surface area contributed by atoms with Crippen LogP contribution in [0, 0.1) is 6.92 Å². The largest absolute Gasteiger partial charge is 0.462 e. The van der Waals surface area contributed by atoms with E-state index < -0.39 is 11.2 Å². The Morgan fingerprint density at radius 1 is 1.12 bits per heavy atom. The maximum absolute atomic E-state index is 12.9. The molecule has 0 aliphatic heterocycles. The molecule has 1 unspecified atom stereocenters. The maximum atomic E-state index is 12.9. The summed E-state index contributed by atoms with van der Waals surface area (Å²) in [6.45, 7) is 5.76. The predicted molar refractivity (Wildman–Crippen MR) is 135 cm³/mol. The molecule has 1 aliphatic rings. The van der Waals surface area contributed by atoms with Crippen molar-refractivity contribution in [2.45, 2.75) is 49.6 Å². The monoisotopic (exact) mass is 516 g/mol. The number of anilines is 2. The van der Waals surface area contributed by atoms with E-state index >= 15 is 0 Å². The van der Waals surface area contributed by atoms with Gasteiger partial charge in [-0.3, -0.25) is 14.9 Å². The highest BCUT2D eigenvalue weighted by Crippen LogP contribution is 2.40. The Morgan fingerprint density at radius 2 is 1.88 bits per heavy atom. The van der Waals surface area contributed by atoms with E-state index in [1.54, 1.807) is 26.0 Å². The highest BCUT2D eigenvalue weighted by Gasteiger charge is 2.29. The molecule has 2 heterocycles. The Hall–Kier alpha value is -2.76. The fraction of sp³-hybridized carbons (Fsp3) is 0.348. The number of carbonyl (C=O) groups is 3. The van der Waals surface area contributed by atoms with Gasteiger partial charge in [0.1, 0.15) is 5.00 Å². The summed E-state index contributed by atoms with van der Waals surface area (Å²) in [5.41, 5.74) is 3.09. The number of ether oxygens (including phenoxy) is 1. The van der Waals surface area contributed by atoms with Gasteiger partial charge in [0.25, 0.3) is 5.91 Å². The summed E-state index contributed by atoms with van der Waals surface area (Å²) in [4.78, 5) is 38.9. The average molecular weight is 517 g/mol. The summed E-state index contributed by atoms with van der Waals surface area (Å²) in [5, 5.41) is 14.2. The number of rotatable bonds is 8. The molecule has 0 radical (unpaired) electrons. The minimum absolute atomic E-state index is 0.240. The van der Waals surface area contributed by atoms with Gasteiger partial charge in [0, 0.05) is 10.4 Å². The molecule has 34 heavy (non-hydrogen) atoms. The van der Waals surface area contributed by atoms with Crippen molar-refractivity contribution in [1.82, 2.24) is 10.2 Å². The molecule has 0 fully saturated rings. The molecule has 8 nitrogen and oxygen atoms in total. The molecule has 2 aromatic heterocycles. The number of aryl methyl sites for hydroxylation is 2. The lowest BCUT2D eigenvalue weighted by atomic mass is 10.1. The van der Waals surface area contributed by atoms with Crippen molar-refractivity contribution in [3.05, 3.63) is 51.4 Å². The van der Waals surface area contributed by atoms with E-state index in [4.69, 9.17) is 4.74 Å². The summed E-state index contributed by atoms with van der Waals surface area (Å²) in [6, 6.07) is 7.23. The number of aromatic nitrogens is 2. The quantitative estimate of drug-likeness (QED) is 0.248. The molecule has 1 aliphatic carbocycles. The first-order valence-corrected chi connectivity index (χ1v) is 13.4. The number of thiophene rings is 1. The van der Waals surface area contributed by atoms with Gasteiger partial charge in [-0.15, -0.1) is 21.5 Å². The van der Waals surface area contributed by atoms with Crippen LogP contribution in [0.2, 0.25) is 0 Å². The highest BCUT2D eigenvalue weighted by molar-refractivity contribution is 8.02. The number of carbonyl (C=O) groups excluding carboxylic acids is 3. The van der Waals surface area contributed by atoms with Gasteiger partial charge in [-0.05, 0) is 57.7 Å². The number of hydrogen-bond acceptors (Lipinski definition) is 9. The molecule has 4 rings (SSSR count). The molecular formula is C23H24N4O4S3. The standard InChI is InChI=1S/C23H24N4O4S3/c1-4-31-21(30)17-15-6-5-7-16(15)33-20(17)24-18(28)13(3)32-23-27-26-22(34-23)25-19(29)14-10-8-12(2)9-11-14/h8-11,13H,4-7H2,1-3H3,(H,24,28)(H,25,26,29). The maximum Gasteiger partial charge on any atom is 0.341 e. The van der Waals surface area contributed by atoms with Gasteiger partial charge >= 0.3 is 5.97 Å². The van der Waals surface area contributed by atoms with Crippen LogP contribution in [-0.2, 0) is 22.4 Å². The summed E-state index contributed by atoms with van der Waals surface area (Å²) >= 11 is 3.89. The molecular weight excluding hydrogens is 492 g/mol. The first-order valence-electron chi connectivity index (χ1n) is 10.9. The van der Waals surface area contributed by atoms with E-state index in [0.29, 0.717) is 25.6 Å². The Morgan fingerprint density at radius 3 is 2.62 bits per heavy atom. The SMILES string of the molecule is CCOC(=O)c1c(NC(=O)C(C)Sc2nnc(NC(=O)c3ccc(C)cc3)s2)sc2c1CCC2. The zero-order valence-corrected chi connectivity index (χ0v) is 21.4. The molecule has 3 aromatic rings. The topological polar surface area (TPSA) is 110 Å². The van der Waals surface area contributed by atoms with Crippen molar-refractivity contribution >= 4 is 62.4 Å². The van der Waals surface area contributed by atoms with Crippen LogP contribution >= 0.6 is 34.4 Å². The number of nitrogens with one attached hydrogen (secondary N) is 2. The van der Waals surface area contributed by atoms with E-state index in [1.165, 1.54) is 34.4 Å². The van der Waals surface area contributed by atoms with Crippen molar-refractivity contribution in [3.63, 3.8) is 0 Å². The van der Waals surface area contributed by atoms with Gasteiger partial charge in [-0.1, -0.05) is 40.8 Å². The number of fused-ring (bicyclic) bond motifs is 1. The fourth-order valence-corrected chi connectivity index (χ4v) is 6.68. The first kappa shape index (κ1) is 24.4. The lowest BCUT2D eigenvalue weighted by Crippen LogP contribution is -2.23. The molecule has 0 saturated carbocycles. The zero-order valence-electron chi connectivity index (χ0n) is 19.0. The van der Waals surface area contributed by atoms with Gasteiger partial charge in [0.15, 0.2) is 4.34 Å². The normalized spacial score (nSPS) is 13.3. The Bertz CT molecular complexity index is 1220. The van der Waals surface area contributed by atoms with Crippen LogP contribution in [0.3, 0.4) is 0 Å². The smallest absolute Gasteiger partial charge is 0.341 e. The Labute approximate surface area is 209 Å². The third-order valence-corrected chi connectivity index (χ3v) is 8.46. The summed E-state index contributed by atoms with van der Waals surface area (Å²) in [6.07, 6.45) is 2.74. The van der Waals surface area contributed by atoms with Crippen molar-refractivity contribution in [1.29, 1.82) is 0 Å². The van der Waals surface area contributed by atoms with Crippen LogP contribution in [0.15, 0.2) is 28.6 Å². The Balaban J connectivity index is 1.38. The number of esters is 1. The van der Waals surface area contributed by atoms with Gasteiger partial charge in [-0.25, -0.2) is 4.79 Å². The van der Waals surface area contributed by atoms with Gasteiger partial charge in [0.2, 0.25) is 11.0 Å². The van der Waals surface area contributed by atoms with E-state index in [1.807, 2.05) is 19.1 Å². The molecule has 1 atom stereocenters. The number of benzene rings is 1. The number of amides is 2. The molecule has 0 spiro atoms.